The van der Waals surface area contributed by atoms with Crippen molar-refractivity contribution in [3.8, 4) is 5.75 Å². The van der Waals surface area contributed by atoms with Crippen LogP contribution in [0.1, 0.15) is 12.0 Å². The minimum atomic E-state index is -0.254. The van der Waals surface area contributed by atoms with E-state index in [4.69, 9.17) is 0 Å². The average molecular weight is 361 g/mol. The summed E-state index contributed by atoms with van der Waals surface area (Å²) in [6, 6.07) is 4.90. The van der Waals surface area contributed by atoms with E-state index in [1.54, 1.807) is 12.1 Å². The molecule has 2 fully saturated rings. The Kier molecular flexibility index (Phi) is 2.97. The summed E-state index contributed by atoms with van der Waals surface area (Å²) >= 11 is 3.31. The number of benzene rings is 1. The molecule has 2 aliphatic carbocycles. The molecule has 22 heavy (non-hydrogen) atoms. The monoisotopic (exact) mass is 360 g/mol. The summed E-state index contributed by atoms with van der Waals surface area (Å²) in [5.41, 5.74) is 0.452. The van der Waals surface area contributed by atoms with Gasteiger partial charge in [-0.05, 0) is 36.5 Å². The number of rotatable bonds is 2. The summed E-state index contributed by atoms with van der Waals surface area (Å²) < 4.78 is 0.782. The first-order chi connectivity index (χ1) is 10.6. The first-order valence-electron chi connectivity index (χ1n) is 7.15. The Morgan fingerprint density at radius 2 is 1.82 bits per heavy atom. The Balaban J connectivity index is 1.62. The van der Waals surface area contributed by atoms with E-state index >= 15 is 0 Å². The van der Waals surface area contributed by atoms with Crippen molar-refractivity contribution in [2.75, 3.05) is 0 Å². The van der Waals surface area contributed by atoms with Crippen molar-refractivity contribution < 1.29 is 14.7 Å². The van der Waals surface area contributed by atoms with Crippen LogP contribution in [0, 0.1) is 23.7 Å². The summed E-state index contributed by atoms with van der Waals surface area (Å²) in [6.45, 7) is 0. The van der Waals surface area contributed by atoms with Crippen LogP contribution >= 0.6 is 15.9 Å². The van der Waals surface area contributed by atoms with Gasteiger partial charge in [0.1, 0.15) is 5.75 Å². The number of amides is 2. The van der Waals surface area contributed by atoms with E-state index in [1.807, 2.05) is 12.2 Å². The summed E-state index contributed by atoms with van der Waals surface area (Å²) in [5, 5.41) is 14.8. The number of nitrogens with zero attached hydrogens (tertiary/aromatic N) is 2. The fourth-order valence-corrected chi connectivity index (χ4v) is 4.13. The van der Waals surface area contributed by atoms with E-state index in [1.165, 1.54) is 12.3 Å². The Morgan fingerprint density at radius 3 is 2.45 bits per heavy atom. The minimum Gasteiger partial charge on any atom is -0.507 e. The number of allylic oxidation sites excluding steroid dienone is 2. The fraction of sp³-hybridized carbons (Fsp3) is 0.312. The van der Waals surface area contributed by atoms with Gasteiger partial charge in [0.15, 0.2) is 0 Å². The second kappa shape index (κ2) is 4.78. The molecule has 4 rings (SSSR count). The molecule has 0 aromatic heterocycles. The van der Waals surface area contributed by atoms with Crippen molar-refractivity contribution in [1.82, 2.24) is 5.01 Å². The molecule has 5 nitrogen and oxygen atoms in total. The Labute approximate surface area is 135 Å². The second-order valence-electron chi connectivity index (χ2n) is 5.94. The molecule has 0 unspecified atom stereocenters. The molecule has 1 aromatic rings. The van der Waals surface area contributed by atoms with Crippen LogP contribution in [0.2, 0.25) is 0 Å². The van der Waals surface area contributed by atoms with Crippen LogP contribution < -0.4 is 0 Å². The zero-order valence-corrected chi connectivity index (χ0v) is 13.1. The second-order valence-corrected chi connectivity index (χ2v) is 6.85. The molecule has 0 spiro atoms. The number of imide groups is 1. The van der Waals surface area contributed by atoms with E-state index < -0.39 is 0 Å². The third-order valence-corrected chi connectivity index (χ3v) is 5.24. The van der Waals surface area contributed by atoms with E-state index in [0.717, 1.165) is 15.9 Å². The van der Waals surface area contributed by atoms with Crippen molar-refractivity contribution in [2.24, 2.45) is 28.8 Å². The molecule has 1 heterocycles. The van der Waals surface area contributed by atoms with Crippen LogP contribution in [0.5, 0.6) is 5.75 Å². The van der Waals surface area contributed by atoms with Crippen LogP contribution in [-0.4, -0.2) is 28.1 Å². The van der Waals surface area contributed by atoms with Gasteiger partial charge in [0, 0.05) is 10.0 Å². The van der Waals surface area contributed by atoms with Crippen LogP contribution in [0.3, 0.4) is 0 Å². The molecule has 6 heteroatoms. The Morgan fingerprint density at radius 1 is 1.18 bits per heavy atom. The molecule has 4 atom stereocenters. The van der Waals surface area contributed by atoms with Gasteiger partial charge in [-0.2, -0.15) is 10.1 Å². The first kappa shape index (κ1) is 13.7. The average Bonchev–Trinajstić information content (AvgIpc) is 3.16. The Bertz CT molecular complexity index is 713. The van der Waals surface area contributed by atoms with Gasteiger partial charge in [0.2, 0.25) is 0 Å². The number of hydrazone groups is 1. The Hall–Kier alpha value is -1.95. The van der Waals surface area contributed by atoms with Gasteiger partial charge in [-0.3, -0.25) is 9.59 Å². The number of phenols is 1. The zero-order chi connectivity index (χ0) is 15.4. The highest BCUT2D eigenvalue weighted by Gasteiger charge is 2.59. The topological polar surface area (TPSA) is 70.0 Å². The van der Waals surface area contributed by atoms with Crippen molar-refractivity contribution >= 4 is 34.0 Å². The highest BCUT2D eigenvalue weighted by Crippen LogP contribution is 2.52. The quantitative estimate of drug-likeness (QED) is 0.499. The maximum absolute atomic E-state index is 12.4. The molecule has 2 amide bonds. The lowest BCUT2D eigenvalue weighted by Crippen LogP contribution is -2.28. The molecule has 112 valence electrons. The summed E-state index contributed by atoms with van der Waals surface area (Å²) in [6.07, 6.45) is 6.35. The van der Waals surface area contributed by atoms with Gasteiger partial charge in [0.05, 0.1) is 18.1 Å². The molecule has 1 saturated heterocycles. The van der Waals surface area contributed by atoms with Crippen molar-refractivity contribution in [2.45, 2.75) is 6.42 Å². The largest absolute Gasteiger partial charge is 0.507 e. The van der Waals surface area contributed by atoms with Gasteiger partial charge in [-0.1, -0.05) is 28.1 Å². The lowest BCUT2D eigenvalue weighted by atomic mass is 9.85. The molecule has 0 radical (unpaired) electrons. The molecular weight excluding hydrogens is 348 g/mol. The normalized spacial score (nSPS) is 32.5. The molecule has 1 aliphatic heterocycles. The number of hydrogen-bond donors (Lipinski definition) is 1. The summed E-state index contributed by atoms with van der Waals surface area (Å²) in [5.74, 6) is -0.563. The molecule has 2 bridgehead atoms. The van der Waals surface area contributed by atoms with Crippen LogP contribution in [0.4, 0.5) is 0 Å². The van der Waals surface area contributed by atoms with Gasteiger partial charge >= 0.3 is 0 Å². The molecular formula is C16H13BrN2O3. The fourth-order valence-electron chi connectivity index (χ4n) is 3.75. The summed E-state index contributed by atoms with van der Waals surface area (Å²) in [7, 11) is 0. The number of hydrogen-bond acceptors (Lipinski definition) is 4. The molecule has 1 N–H and O–H groups in total. The van der Waals surface area contributed by atoms with E-state index in [-0.39, 0.29) is 41.2 Å². The number of carbonyl (C=O) groups is 2. The van der Waals surface area contributed by atoms with Gasteiger partial charge in [-0.15, -0.1) is 0 Å². The van der Waals surface area contributed by atoms with Crippen LogP contribution in [-0.2, 0) is 9.59 Å². The zero-order valence-electron chi connectivity index (χ0n) is 11.5. The van der Waals surface area contributed by atoms with Crippen molar-refractivity contribution in [1.29, 1.82) is 0 Å². The number of fused-ring (bicyclic) bond motifs is 5. The van der Waals surface area contributed by atoms with Crippen molar-refractivity contribution in [3.63, 3.8) is 0 Å². The third kappa shape index (κ3) is 1.86. The maximum Gasteiger partial charge on any atom is 0.254 e. The maximum atomic E-state index is 12.4. The van der Waals surface area contributed by atoms with E-state index in [0.29, 0.717) is 5.56 Å². The van der Waals surface area contributed by atoms with Crippen molar-refractivity contribution in [3.05, 3.63) is 40.4 Å². The lowest BCUT2D eigenvalue weighted by molar-refractivity contribution is -0.140. The molecule has 1 aromatic carbocycles. The van der Waals surface area contributed by atoms with E-state index in [2.05, 4.69) is 21.0 Å². The number of aromatic hydroxyl groups is 1. The molecule has 1 saturated carbocycles. The van der Waals surface area contributed by atoms with Gasteiger partial charge in [-0.25, -0.2) is 0 Å². The smallest absolute Gasteiger partial charge is 0.254 e. The van der Waals surface area contributed by atoms with Gasteiger partial charge < -0.3 is 5.11 Å². The minimum absolute atomic E-state index is 0.0491. The van der Waals surface area contributed by atoms with Crippen LogP contribution in [0.25, 0.3) is 0 Å². The highest BCUT2D eigenvalue weighted by molar-refractivity contribution is 9.10. The van der Waals surface area contributed by atoms with E-state index in [9.17, 15) is 14.7 Å². The SMILES string of the molecule is O=C1[C@@H]2[C@H](C(=O)N1/N=C/c1cc(Br)ccc1O)[C@@H]1C=C[C@@H]2C1. The highest BCUT2D eigenvalue weighted by atomic mass is 79.9. The lowest BCUT2D eigenvalue weighted by Gasteiger charge is -2.13. The number of phenolic OH excluding ortho intramolecular Hbond substituents is 1. The van der Waals surface area contributed by atoms with Crippen LogP contribution in [0.15, 0.2) is 39.9 Å². The number of halogens is 1. The third-order valence-electron chi connectivity index (χ3n) is 4.75. The predicted molar refractivity (Wildman–Crippen MR) is 83.0 cm³/mol. The molecule has 3 aliphatic rings. The van der Waals surface area contributed by atoms with Gasteiger partial charge in [0.25, 0.3) is 11.8 Å². The standard InChI is InChI=1S/C16H13BrN2O3/c17-11-3-4-12(20)10(6-11)7-18-19-15(21)13-8-1-2-9(5-8)14(13)16(19)22/h1-4,6-9,13-14,20H,5H2/b18-7+/t8-,9-,13-,14+/m1/s1. The predicted octanol–water partition coefficient (Wildman–Crippen LogP) is 2.30. The summed E-state index contributed by atoms with van der Waals surface area (Å²) in [4.78, 5) is 24.9. The number of carbonyl (C=O) groups excluding carboxylic acids is 2. The first-order valence-corrected chi connectivity index (χ1v) is 7.94.